The largest absolute Gasteiger partial charge is 0.457 e. The van der Waals surface area contributed by atoms with Gasteiger partial charge in [-0.15, -0.1) is 12.4 Å². The minimum absolute atomic E-state index is 0. The number of para-hydroxylation sites is 1. The Kier molecular flexibility index (Phi) is 6.61. The molecule has 0 saturated heterocycles. The first kappa shape index (κ1) is 21.2. The van der Waals surface area contributed by atoms with Crippen molar-refractivity contribution < 1.29 is 18.7 Å². The van der Waals surface area contributed by atoms with Gasteiger partial charge in [0.2, 0.25) is 0 Å². The third-order valence-electron chi connectivity index (χ3n) is 3.98. The first-order valence-electron chi connectivity index (χ1n) is 8.61. The molecule has 0 aliphatic heterocycles. The van der Waals surface area contributed by atoms with Gasteiger partial charge in [-0.25, -0.2) is 9.10 Å². The summed E-state index contributed by atoms with van der Waals surface area (Å²) in [5.74, 6) is 0.496. The van der Waals surface area contributed by atoms with E-state index >= 15 is 0 Å². The topological polar surface area (TPSA) is 84.7 Å². The van der Waals surface area contributed by atoms with Crippen LogP contribution in [0.3, 0.4) is 0 Å². The van der Waals surface area contributed by atoms with Gasteiger partial charge in [0.1, 0.15) is 17.1 Å². The molecule has 0 atom stereocenters. The average Bonchev–Trinajstić information content (AvgIpc) is 3.18. The highest BCUT2D eigenvalue weighted by Gasteiger charge is 2.23. The van der Waals surface area contributed by atoms with Crippen LogP contribution in [0.25, 0.3) is 11.0 Å². The van der Waals surface area contributed by atoms with E-state index in [0.717, 1.165) is 0 Å². The third-order valence-corrected chi connectivity index (χ3v) is 4.34. The minimum Gasteiger partial charge on any atom is -0.457 e. The smallest absolute Gasteiger partial charge is 0.339 e. The van der Waals surface area contributed by atoms with Crippen LogP contribution in [0.15, 0.2) is 83.5 Å². The number of hydrogen-bond donors (Lipinski definition) is 2. The number of hydrogen-bond acceptors (Lipinski definition) is 6. The van der Waals surface area contributed by atoms with Gasteiger partial charge in [0, 0.05) is 29.5 Å². The van der Waals surface area contributed by atoms with E-state index in [9.17, 15) is 9.59 Å². The molecule has 0 saturated carbocycles. The molecule has 4 aromatic rings. The summed E-state index contributed by atoms with van der Waals surface area (Å²) in [4.78, 5) is 28.9. The van der Waals surface area contributed by atoms with E-state index in [0.29, 0.717) is 32.5 Å². The molecule has 0 aliphatic carbocycles. The monoisotopic (exact) mass is 441 g/mol. The molecule has 0 aliphatic rings. The van der Waals surface area contributed by atoms with E-state index in [1.54, 1.807) is 42.7 Å². The van der Waals surface area contributed by atoms with Crippen LogP contribution >= 0.6 is 25.2 Å². The van der Waals surface area contributed by atoms with Gasteiger partial charge in [-0.1, -0.05) is 37.1 Å². The van der Waals surface area contributed by atoms with Gasteiger partial charge in [0.25, 0.3) is 0 Å². The van der Waals surface area contributed by atoms with Gasteiger partial charge in [0.15, 0.2) is 5.76 Å². The minimum atomic E-state index is -0.728. The molecule has 0 unspecified atom stereocenters. The molecule has 0 spiro atoms. The number of amides is 3. The summed E-state index contributed by atoms with van der Waals surface area (Å²) >= 11 is 4.01. The van der Waals surface area contributed by atoms with Crippen molar-refractivity contribution in [3.05, 3.63) is 84.9 Å². The molecule has 2 heterocycles. The highest BCUT2D eigenvalue weighted by atomic mass is 35.5. The molecular formula is C21H16ClN3O4S. The average molecular weight is 442 g/mol. The van der Waals surface area contributed by atoms with Crippen LogP contribution in [-0.2, 0) is 0 Å². The van der Waals surface area contributed by atoms with E-state index in [1.165, 1.54) is 6.07 Å². The number of rotatable bonds is 4. The molecule has 1 N–H and O–H groups in total. The maximum Gasteiger partial charge on any atom is 0.339 e. The Balaban J connectivity index is 0.00000256. The number of halogens is 1. The number of benzene rings is 2. The zero-order chi connectivity index (χ0) is 20.2. The molecule has 0 radical (unpaired) electrons. The Morgan fingerprint density at radius 1 is 1.00 bits per heavy atom. The number of aromatic nitrogens is 1. The summed E-state index contributed by atoms with van der Waals surface area (Å²) < 4.78 is 11.8. The number of urea groups is 1. The van der Waals surface area contributed by atoms with E-state index < -0.39 is 11.9 Å². The zero-order valence-electron chi connectivity index (χ0n) is 15.4. The Labute approximate surface area is 183 Å². The van der Waals surface area contributed by atoms with Gasteiger partial charge in [-0.05, 0) is 36.4 Å². The first-order valence-corrected chi connectivity index (χ1v) is 9.01. The van der Waals surface area contributed by atoms with Crippen LogP contribution in [0.4, 0.5) is 10.5 Å². The quantitative estimate of drug-likeness (QED) is 0.405. The molecule has 30 heavy (non-hydrogen) atoms. The van der Waals surface area contributed by atoms with Crippen molar-refractivity contribution in [3.63, 3.8) is 0 Å². The fourth-order valence-electron chi connectivity index (χ4n) is 2.62. The second kappa shape index (κ2) is 9.34. The normalized spacial score (nSPS) is 10.2. The summed E-state index contributed by atoms with van der Waals surface area (Å²) in [6, 6.07) is 18.5. The van der Waals surface area contributed by atoms with Crippen molar-refractivity contribution in [2.45, 2.75) is 0 Å². The third kappa shape index (κ3) is 4.73. The zero-order valence-corrected chi connectivity index (χ0v) is 17.1. The van der Waals surface area contributed by atoms with Crippen LogP contribution in [0.1, 0.15) is 10.6 Å². The Morgan fingerprint density at radius 3 is 2.53 bits per heavy atom. The van der Waals surface area contributed by atoms with Crippen LogP contribution in [0, 0.1) is 0 Å². The van der Waals surface area contributed by atoms with Crippen molar-refractivity contribution in [1.29, 1.82) is 0 Å². The van der Waals surface area contributed by atoms with Crippen LogP contribution in [0.2, 0.25) is 0 Å². The fourth-order valence-corrected chi connectivity index (χ4v) is 2.77. The maximum atomic E-state index is 12.5. The molecule has 2 aromatic carbocycles. The predicted octanol–water partition coefficient (Wildman–Crippen LogP) is 5.56. The summed E-state index contributed by atoms with van der Waals surface area (Å²) in [6.07, 6.45) is 3.12. The number of nitrogens with zero attached hydrogens (tertiary/aromatic N) is 2. The fraction of sp³-hybridized carbons (Fsp3) is 0. The van der Waals surface area contributed by atoms with Gasteiger partial charge in [-0.3, -0.25) is 9.78 Å². The number of nitrogens with one attached hydrogen (secondary N) is 1. The van der Waals surface area contributed by atoms with Crippen molar-refractivity contribution in [2.75, 3.05) is 5.32 Å². The molecule has 2 aromatic heterocycles. The standard InChI is InChI=1S/C21H15N3O4S.ClH/c25-20(19-11-14-13-22-10-9-18(14)28-19)24(29)21(26)23-15-5-4-8-17(12-15)27-16-6-2-1-3-7-16;/h1-13,29H,(H,23,26);1H. The molecule has 0 bridgehead atoms. The maximum absolute atomic E-state index is 12.5. The van der Waals surface area contributed by atoms with E-state index in [-0.39, 0.29) is 18.2 Å². The Morgan fingerprint density at radius 2 is 1.77 bits per heavy atom. The number of fused-ring (bicyclic) bond motifs is 1. The van der Waals surface area contributed by atoms with Gasteiger partial charge in [0.05, 0.1) is 0 Å². The molecule has 4 rings (SSSR count). The number of pyridine rings is 1. The van der Waals surface area contributed by atoms with Crippen molar-refractivity contribution in [2.24, 2.45) is 0 Å². The number of anilines is 1. The summed E-state index contributed by atoms with van der Waals surface area (Å²) in [5.41, 5.74) is 0.945. The Hall–Kier alpha value is -3.49. The van der Waals surface area contributed by atoms with Gasteiger partial charge < -0.3 is 14.5 Å². The van der Waals surface area contributed by atoms with E-state index in [2.05, 4.69) is 23.1 Å². The molecular weight excluding hydrogens is 426 g/mol. The second-order valence-corrected chi connectivity index (χ2v) is 6.41. The van der Waals surface area contributed by atoms with Crippen molar-refractivity contribution in [1.82, 2.24) is 9.29 Å². The van der Waals surface area contributed by atoms with Crippen molar-refractivity contribution in [3.8, 4) is 11.5 Å². The predicted molar refractivity (Wildman–Crippen MR) is 118 cm³/mol. The van der Waals surface area contributed by atoms with Crippen molar-refractivity contribution >= 4 is 53.8 Å². The lowest BCUT2D eigenvalue weighted by atomic mass is 10.3. The molecule has 9 heteroatoms. The highest BCUT2D eigenvalue weighted by molar-refractivity contribution is 7.79. The number of thiol groups is 1. The van der Waals surface area contributed by atoms with Crippen LogP contribution in [-0.4, -0.2) is 21.2 Å². The number of imide groups is 1. The SMILES string of the molecule is Cl.O=C(Nc1cccc(Oc2ccccc2)c1)N(S)C(=O)c1cc2cnccc2o1. The van der Waals surface area contributed by atoms with E-state index in [1.807, 2.05) is 30.3 Å². The van der Waals surface area contributed by atoms with E-state index in [4.69, 9.17) is 9.15 Å². The number of carbonyl (C=O) groups excluding carboxylic acids is 2. The van der Waals surface area contributed by atoms with Gasteiger partial charge in [-0.2, -0.15) is 0 Å². The highest BCUT2D eigenvalue weighted by Crippen LogP contribution is 2.25. The summed E-state index contributed by atoms with van der Waals surface area (Å²) in [5, 5.41) is 3.26. The molecule has 0 fully saturated rings. The summed E-state index contributed by atoms with van der Waals surface area (Å²) in [6.45, 7) is 0. The first-order chi connectivity index (χ1) is 14.1. The van der Waals surface area contributed by atoms with Gasteiger partial charge >= 0.3 is 11.9 Å². The van der Waals surface area contributed by atoms with Crippen LogP contribution < -0.4 is 10.1 Å². The lowest BCUT2D eigenvalue weighted by Crippen LogP contribution is -2.32. The van der Waals surface area contributed by atoms with Crippen LogP contribution in [0.5, 0.6) is 11.5 Å². The number of carbonyl (C=O) groups is 2. The lowest BCUT2D eigenvalue weighted by Gasteiger charge is -2.14. The number of furan rings is 1. The number of ether oxygens (including phenoxy) is 1. The summed E-state index contributed by atoms with van der Waals surface area (Å²) in [7, 11) is 0. The second-order valence-electron chi connectivity index (χ2n) is 6.01. The molecule has 7 nitrogen and oxygen atoms in total. The Bertz CT molecular complexity index is 1150. The molecule has 152 valence electrons. The molecule has 3 amide bonds. The lowest BCUT2D eigenvalue weighted by molar-refractivity contribution is 0.0875.